The third kappa shape index (κ3) is 3.24. The normalized spacial score (nSPS) is 23.9. The highest BCUT2D eigenvalue weighted by Crippen LogP contribution is 2.23. The first-order chi connectivity index (χ1) is 7.71. The van der Waals surface area contributed by atoms with Crippen LogP contribution < -0.4 is 0 Å². The fourth-order valence-electron chi connectivity index (χ4n) is 1.45. The maximum absolute atomic E-state index is 11.5. The molecular weight excluding hydrogens is 210 g/mol. The molecule has 1 aliphatic rings. The van der Waals surface area contributed by atoms with Gasteiger partial charge in [-0.1, -0.05) is 0 Å². The average Bonchev–Trinajstić information content (AvgIpc) is 2.29. The van der Waals surface area contributed by atoms with Gasteiger partial charge in [-0.15, -0.1) is 0 Å². The van der Waals surface area contributed by atoms with E-state index in [0.717, 1.165) is 0 Å². The highest BCUT2D eigenvalue weighted by Gasteiger charge is 2.29. The van der Waals surface area contributed by atoms with Gasteiger partial charge in [0.25, 0.3) is 0 Å². The van der Waals surface area contributed by atoms with Gasteiger partial charge in [0.15, 0.2) is 5.76 Å². The Labute approximate surface area is 94.6 Å². The van der Waals surface area contributed by atoms with E-state index in [4.69, 9.17) is 19.5 Å². The third-order valence-electron chi connectivity index (χ3n) is 2.11. The molecule has 5 heteroatoms. The van der Waals surface area contributed by atoms with Gasteiger partial charge in [-0.3, -0.25) is 4.79 Å². The molecule has 0 N–H and O–H groups in total. The Hall–Kier alpha value is -1.54. The first kappa shape index (κ1) is 12.5. The number of ether oxygens (including phenoxy) is 3. The lowest BCUT2D eigenvalue weighted by molar-refractivity contribution is -0.158. The number of esters is 1. The van der Waals surface area contributed by atoms with Gasteiger partial charge in [0.05, 0.1) is 12.5 Å². The van der Waals surface area contributed by atoms with Gasteiger partial charge >= 0.3 is 5.97 Å². The lowest BCUT2D eigenvalue weighted by atomic mass is 10.0. The van der Waals surface area contributed by atoms with Crippen LogP contribution in [-0.4, -0.2) is 25.5 Å². The Bertz CT molecular complexity index is 318. The number of carbonyl (C=O) groups excluding carboxylic acids is 1. The van der Waals surface area contributed by atoms with E-state index in [0.29, 0.717) is 19.6 Å². The van der Waals surface area contributed by atoms with Gasteiger partial charge in [-0.2, -0.15) is 5.26 Å². The van der Waals surface area contributed by atoms with Crippen LogP contribution in [0, 0.1) is 17.2 Å². The summed E-state index contributed by atoms with van der Waals surface area (Å²) in [7, 11) is 0. The summed E-state index contributed by atoms with van der Waals surface area (Å²) in [4.78, 5) is 11.5. The zero-order valence-electron chi connectivity index (χ0n) is 9.43. The summed E-state index contributed by atoms with van der Waals surface area (Å²) in [5, 5.41) is 8.76. The summed E-state index contributed by atoms with van der Waals surface area (Å²) in [5.41, 5.74) is 0. The highest BCUT2D eigenvalue weighted by molar-refractivity contribution is 5.74. The van der Waals surface area contributed by atoms with E-state index in [1.165, 1.54) is 6.08 Å². The number of rotatable bonds is 4. The van der Waals surface area contributed by atoms with Gasteiger partial charge in [0.2, 0.25) is 6.29 Å². The number of hydrogen-bond donors (Lipinski definition) is 0. The van der Waals surface area contributed by atoms with Crippen LogP contribution in [0.5, 0.6) is 0 Å². The largest absolute Gasteiger partial charge is 0.466 e. The first-order valence-electron chi connectivity index (χ1n) is 5.28. The van der Waals surface area contributed by atoms with E-state index in [1.54, 1.807) is 6.92 Å². The molecule has 1 heterocycles. The quantitative estimate of drug-likeness (QED) is 0.675. The molecule has 0 amide bonds. The van der Waals surface area contributed by atoms with Crippen molar-refractivity contribution in [3.05, 3.63) is 11.8 Å². The van der Waals surface area contributed by atoms with Crippen LogP contribution in [0.15, 0.2) is 11.8 Å². The smallest absolute Gasteiger partial charge is 0.313 e. The fraction of sp³-hybridized carbons (Fsp3) is 0.636. The molecule has 0 aliphatic carbocycles. The minimum absolute atomic E-state index is 0.114. The maximum Gasteiger partial charge on any atom is 0.313 e. The monoisotopic (exact) mass is 225 g/mol. The van der Waals surface area contributed by atoms with Crippen LogP contribution in [0.2, 0.25) is 0 Å². The Morgan fingerprint density at radius 3 is 2.94 bits per heavy atom. The maximum atomic E-state index is 11.5. The molecule has 0 saturated heterocycles. The number of carbonyl (C=O) groups is 1. The van der Waals surface area contributed by atoms with Crippen molar-refractivity contribution in [1.29, 1.82) is 5.26 Å². The fourth-order valence-corrected chi connectivity index (χ4v) is 1.45. The second-order valence-electron chi connectivity index (χ2n) is 3.24. The highest BCUT2D eigenvalue weighted by atomic mass is 16.7. The summed E-state index contributed by atoms with van der Waals surface area (Å²) in [5.74, 6) is -0.689. The van der Waals surface area contributed by atoms with Crippen molar-refractivity contribution in [3.63, 3.8) is 0 Å². The molecule has 0 unspecified atom stereocenters. The van der Waals surface area contributed by atoms with Gasteiger partial charge in [-0.05, 0) is 19.9 Å². The summed E-state index contributed by atoms with van der Waals surface area (Å²) in [6.45, 7) is 4.36. The molecule has 0 aromatic rings. The number of nitrogens with zero attached hydrogens (tertiary/aromatic N) is 1. The molecule has 16 heavy (non-hydrogen) atoms. The van der Waals surface area contributed by atoms with E-state index >= 15 is 0 Å². The second kappa shape index (κ2) is 6.13. The van der Waals surface area contributed by atoms with Crippen molar-refractivity contribution in [2.45, 2.75) is 26.6 Å². The molecule has 1 aliphatic heterocycles. The molecule has 88 valence electrons. The van der Waals surface area contributed by atoms with E-state index in [2.05, 4.69) is 0 Å². The zero-order chi connectivity index (χ0) is 12.0. The third-order valence-corrected chi connectivity index (χ3v) is 2.11. The van der Waals surface area contributed by atoms with Crippen LogP contribution >= 0.6 is 0 Å². The molecule has 0 aromatic heterocycles. The predicted octanol–water partition coefficient (Wildman–Crippen LogP) is 1.36. The summed E-state index contributed by atoms with van der Waals surface area (Å²) >= 11 is 0. The van der Waals surface area contributed by atoms with Gasteiger partial charge in [0.1, 0.15) is 6.07 Å². The predicted molar refractivity (Wildman–Crippen MR) is 54.9 cm³/mol. The molecule has 0 radical (unpaired) electrons. The SMILES string of the molecule is CCOC(=O)[C@@H]1C=C(C#N)O[C@H](OCC)C1. The Balaban J connectivity index is 2.70. The van der Waals surface area contributed by atoms with Crippen molar-refractivity contribution >= 4 is 5.97 Å². The molecule has 0 bridgehead atoms. The summed E-state index contributed by atoms with van der Waals surface area (Å²) < 4.78 is 15.4. The van der Waals surface area contributed by atoms with E-state index in [-0.39, 0.29) is 11.7 Å². The minimum Gasteiger partial charge on any atom is -0.466 e. The topological polar surface area (TPSA) is 68.6 Å². The molecule has 0 fully saturated rings. The van der Waals surface area contributed by atoms with Gasteiger partial charge in [-0.25, -0.2) is 0 Å². The Morgan fingerprint density at radius 1 is 1.62 bits per heavy atom. The van der Waals surface area contributed by atoms with Crippen LogP contribution in [-0.2, 0) is 19.0 Å². The van der Waals surface area contributed by atoms with E-state index < -0.39 is 12.2 Å². The lowest BCUT2D eigenvalue weighted by Crippen LogP contribution is -2.29. The van der Waals surface area contributed by atoms with Crippen LogP contribution in [0.4, 0.5) is 0 Å². The Kier molecular flexibility index (Phi) is 4.80. The standard InChI is InChI=1S/C11H15NO4/c1-3-14-10-6-8(11(13)15-4-2)5-9(7-12)16-10/h5,8,10H,3-4,6H2,1-2H3/t8-,10+/m1/s1. The van der Waals surface area contributed by atoms with E-state index in [1.807, 2.05) is 13.0 Å². The van der Waals surface area contributed by atoms with Crippen molar-refractivity contribution in [1.82, 2.24) is 0 Å². The van der Waals surface area contributed by atoms with Gasteiger partial charge < -0.3 is 14.2 Å². The molecule has 0 saturated carbocycles. The molecule has 0 spiro atoms. The average molecular weight is 225 g/mol. The molecule has 0 aromatic carbocycles. The molecule has 1 rings (SSSR count). The number of nitriles is 1. The van der Waals surface area contributed by atoms with E-state index in [9.17, 15) is 4.79 Å². The Morgan fingerprint density at radius 2 is 2.38 bits per heavy atom. The summed E-state index contributed by atoms with van der Waals surface area (Å²) in [6.07, 6.45) is 1.32. The van der Waals surface area contributed by atoms with Crippen LogP contribution in [0.25, 0.3) is 0 Å². The minimum atomic E-state index is -0.543. The zero-order valence-corrected chi connectivity index (χ0v) is 9.43. The molecule has 2 atom stereocenters. The van der Waals surface area contributed by atoms with Crippen molar-refractivity contribution < 1.29 is 19.0 Å². The molecular formula is C11H15NO4. The lowest BCUT2D eigenvalue weighted by Gasteiger charge is -2.25. The van der Waals surface area contributed by atoms with Crippen LogP contribution in [0.3, 0.4) is 0 Å². The summed E-state index contributed by atoms with van der Waals surface area (Å²) in [6, 6.07) is 1.87. The van der Waals surface area contributed by atoms with Crippen molar-refractivity contribution in [2.24, 2.45) is 5.92 Å². The van der Waals surface area contributed by atoms with Crippen LogP contribution in [0.1, 0.15) is 20.3 Å². The number of allylic oxidation sites excluding steroid dienone is 1. The van der Waals surface area contributed by atoms with Gasteiger partial charge in [0, 0.05) is 13.0 Å². The van der Waals surface area contributed by atoms with Crippen molar-refractivity contribution in [3.8, 4) is 6.07 Å². The first-order valence-corrected chi connectivity index (χ1v) is 5.28. The second-order valence-corrected chi connectivity index (χ2v) is 3.24. The van der Waals surface area contributed by atoms with Crippen molar-refractivity contribution in [2.75, 3.05) is 13.2 Å². The number of hydrogen-bond acceptors (Lipinski definition) is 5. The molecule has 5 nitrogen and oxygen atoms in total.